The second kappa shape index (κ2) is 13.5. The fourth-order valence-electron chi connectivity index (χ4n) is 15.1. The average Bonchev–Trinajstić information content (AvgIpc) is 3.66. The molecule has 0 bridgehead atoms. The molecule has 1 heteroatoms. The topological polar surface area (TPSA) is 3.24 Å². The van der Waals surface area contributed by atoms with Crippen molar-refractivity contribution in [1.82, 2.24) is 0 Å². The van der Waals surface area contributed by atoms with Crippen molar-refractivity contribution in [1.29, 1.82) is 0 Å². The van der Waals surface area contributed by atoms with Crippen LogP contribution in [0.25, 0.3) is 77.2 Å². The van der Waals surface area contributed by atoms with Crippen LogP contribution in [0.3, 0.4) is 0 Å². The van der Waals surface area contributed by atoms with E-state index >= 15 is 0 Å². The van der Waals surface area contributed by atoms with Gasteiger partial charge in [-0.15, -0.1) is 0 Å². The molecule has 15 rings (SSSR count). The summed E-state index contributed by atoms with van der Waals surface area (Å²) in [7, 11) is 0. The van der Waals surface area contributed by atoms with Gasteiger partial charge < -0.3 is 4.90 Å². The first-order valence-corrected chi connectivity index (χ1v) is 24.1. The molecule has 5 aliphatic rings. The summed E-state index contributed by atoms with van der Waals surface area (Å²) in [6.07, 6.45) is 4.24. The summed E-state index contributed by atoms with van der Waals surface area (Å²) >= 11 is 0. The zero-order chi connectivity index (χ0) is 43.1. The Balaban J connectivity index is 1.00. The van der Waals surface area contributed by atoms with E-state index in [1.165, 1.54) is 114 Å². The van der Waals surface area contributed by atoms with Crippen molar-refractivity contribution >= 4 is 38.6 Å². The van der Waals surface area contributed by atoms with Gasteiger partial charge in [0.1, 0.15) is 0 Å². The van der Waals surface area contributed by atoms with Crippen molar-refractivity contribution in [2.45, 2.75) is 24.7 Å². The molecular formula is C65H47N. The molecule has 66 heavy (non-hydrogen) atoms. The van der Waals surface area contributed by atoms with Crippen molar-refractivity contribution in [2.24, 2.45) is 29.1 Å². The Labute approximate surface area is 386 Å². The van der Waals surface area contributed by atoms with Crippen molar-refractivity contribution in [3.63, 3.8) is 0 Å². The number of benzene rings is 10. The third-order valence-electron chi connectivity index (χ3n) is 17.5. The Morgan fingerprint density at radius 2 is 0.773 bits per heavy atom. The van der Waals surface area contributed by atoms with E-state index in [0.717, 1.165) is 23.7 Å². The van der Waals surface area contributed by atoms with Crippen LogP contribution in [0.15, 0.2) is 224 Å². The first-order valence-electron chi connectivity index (χ1n) is 24.1. The highest BCUT2D eigenvalue weighted by Crippen LogP contribution is 2.94. The molecule has 10 aromatic rings. The van der Waals surface area contributed by atoms with Crippen LogP contribution in [0.2, 0.25) is 0 Å². The lowest BCUT2D eigenvalue weighted by Crippen LogP contribution is -2.88. The zero-order valence-electron chi connectivity index (χ0n) is 36.7. The number of rotatable bonds is 7. The van der Waals surface area contributed by atoms with Crippen molar-refractivity contribution < 1.29 is 0 Å². The molecule has 0 aromatic heterocycles. The summed E-state index contributed by atoms with van der Waals surface area (Å²) in [6, 6.07) is 84.5. The van der Waals surface area contributed by atoms with E-state index in [1.807, 2.05) is 0 Å². The van der Waals surface area contributed by atoms with E-state index < -0.39 is 0 Å². The van der Waals surface area contributed by atoms with Crippen LogP contribution in [-0.2, 0) is 5.41 Å². The van der Waals surface area contributed by atoms with Crippen LogP contribution in [0.4, 0.5) is 17.1 Å². The normalized spacial score (nSPS) is 23.4. The van der Waals surface area contributed by atoms with Gasteiger partial charge in [-0.3, -0.25) is 0 Å². The number of para-hydroxylation sites is 2. The van der Waals surface area contributed by atoms with Gasteiger partial charge in [0.05, 0.1) is 11.4 Å². The molecule has 4 atom stereocenters. The first kappa shape index (κ1) is 36.8. The minimum Gasteiger partial charge on any atom is -0.309 e. The first-order chi connectivity index (χ1) is 32.7. The van der Waals surface area contributed by atoms with Crippen LogP contribution in [0.5, 0.6) is 0 Å². The van der Waals surface area contributed by atoms with Crippen molar-refractivity contribution in [3.8, 4) is 55.6 Å². The Hall–Kier alpha value is -7.48. The third-order valence-corrected chi connectivity index (χ3v) is 17.5. The van der Waals surface area contributed by atoms with E-state index in [9.17, 15) is 0 Å². The standard InChI is InChI=1S/C65H47N/c1-3-17-41(18-4-1)48-28-13-21-43-23-15-30-54(62(43)48)52-26-8-11-33-58(52)66(59-34-12-9-27-53(59)55-31-16-24-44-22-14-29-49(63(44)55)42-19-5-2-6-20-42)47-35-36-51-50-25-7-10-32-56(50)65(57(51)40-47)60-38-45-37-46-39-61(65)64(45,46)60/h1-36,40,45-46,60-61H,37-39H2. The summed E-state index contributed by atoms with van der Waals surface area (Å²) in [5.41, 5.74) is 20.2. The van der Waals surface area contributed by atoms with Crippen LogP contribution < -0.4 is 4.90 Å². The van der Waals surface area contributed by atoms with E-state index in [1.54, 1.807) is 11.1 Å². The van der Waals surface area contributed by atoms with Gasteiger partial charge in [0.25, 0.3) is 0 Å². The number of hydrogen-bond acceptors (Lipinski definition) is 1. The molecule has 0 amide bonds. The third kappa shape index (κ3) is 4.60. The molecule has 0 radical (unpaired) electrons. The van der Waals surface area contributed by atoms with Gasteiger partial charge >= 0.3 is 0 Å². The molecule has 4 saturated carbocycles. The van der Waals surface area contributed by atoms with Crippen LogP contribution in [0.1, 0.15) is 30.4 Å². The average molecular weight is 842 g/mol. The number of nitrogens with zero attached hydrogens (tertiary/aromatic N) is 1. The predicted molar refractivity (Wildman–Crippen MR) is 274 cm³/mol. The number of fused-ring (bicyclic) bond motifs is 9. The molecule has 312 valence electrons. The minimum absolute atomic E-state index is 0.0977. The number of anilines is 3. The summed E-state index contributed by atoms with van der Waals surface area (Å²) in [6.45, 7) is 0. The molecule has 0 heterocycles. The van der Waals surface area contributed by atoms with Crippen molar-refractivity contribution in [3.05, 3.63) is 236 Å². The largest absolute Gasteiger partial charge is 0.309 e. The van der Waals surface area contributed by atoms with Gasteiger partial charge in [0.15, 0.2) is 0 Å². The van der Waals surface area contributed by atoms with Crippen molar-refractivity contribution in [2.75, 3.05) is 4.90 Å². The van der Waals surface area contributed by atoms with Gasteiger partial charge in [-0.05, 0) is 150 Å². The van der Waals surface area contributed by atoms with Gasteiger partial charge in [-0.25, -0.2) is 0 Å². The monoisotopic (exact) mass is 841 g/mol. The van der Waals surface area contributed by atoms with Gasteiger partial charge in [-0.2, -0.15) is 0 Å². The highest BCUT2D eigenvalue weighted by atomic mass is 15.1. The molecule has 4 fully saturated rings. The van der Waals surface area contributed by atoms with Gasteiger partial charge in [0, 0.05) is 22.2 Å². The second-order valence-electron chi connectivity index (χ2n) is 19.9. The smallest absolute Gasteiger partial charge is 0.0540 e. The van der Waals surface area contributed by atoms with E-state index in [-0.39, 0.29) is 5.41 Å². The summed E-state index contributed by atoms with van der Waals surface area (Å²) in [5, 5.41) is 5.03. The van der Waals surface area contributed by atoms with E-state index in [4.69, 9.17) is 0 Å². The van der Waals surface area contributed by atoms with Gasteiger partial charge in [0.2, 0.25) is 0 Å². The Bertz CT molecular complexity index is 3420. The number of hydrogen-bond donors (Lipinski definition) is 0. The van der Waals surface area contributed by atoms with E-state index in [2.05, 4.69) is 229 Å². The maximum atomic E-state index is 2.66. The molecule has 0 aliphatic heterocycles. The Kier molecular flexibility index (Phi) is 7.55. The summed E-state index contributed by atoms with van der Waals surface area (Å²) in [4.78, 5) is 2.63. The van der Waals surface area contributed by atoms with E-state index in [0.29, 0.717) is 5.41 Å². The maximum Gasteiger partial charge on any atom is 0.0540 e. The highest BCUT2D eigenvalue weighted by Gasteiger charge is 2.90. The molecule has 1 nitrogen and oxygen atoms in total. The molecular weight excluding hydrogens is 795 g/mol. The Morgan fingerprint density at radius 3 is 1.30 bits per heavy atom. The lowest BCUT2D eigenvalue weighted by Gasteiger charge is -2.92. The van der Waals surface area contributed by atoms with Crippen LogP contribution >= 0.6 is 0 Å². The quantitative estimate of drug-likeness (QED) is 0.155. The van der Waals surface area contributed by atoms with Crippen LogP contribution in [0, 0.1) is 29.1 Å². The highest BCUT2D eigenvalue weighted by molar-refractivity contribution is 6.11. The SMILES string of the molecule is c1ccc(-c2cccc3cccc(-c4ccccc4N(c4ccc5c(c4)C4(c6ccccc6-5)C5CC6CC7CC4C675)c4ccccc4-c4cccc5cccc(-c6ccccc6)c45)c23)cc1. The molecule has 4 unspecified atom stereocenters. The summed E-state index contributed by atoms with van der Waals surface area (Å²) in [5.74, 6) is 3.40. The maximum absolute atomic E-state index is 2.66. The second-order valence-corrected chi connectivity index (χ2v) is 19.9. The fourth-order valence-corrected chi connectivity index (χ4v) is 15.1. The molecule has 0 N–H and O–H groups in total. The molecule has 5 aliphatic carbocycles. The summed E-state index contributed by atoms with van der Waals surface area (Å²) < 4.78 is 0. The fraction of sp³-hybridized carbons (Fsp3) is 0.138. The lowest BCUT2D eigenvalue weighted by molar-refractivity contribution is -0.412. The Morgan fingerprint density at radius 1 is 0.333 bits per heavy atom. The zero-order valence-corrected chi connectivity index (χ0v) is 36.7. The molecule has 10 aromatic carbocycles. The molecule has 0 saturated heterocycles. The molecule has 2 spiro atoms. The minimum atomic E-state index is 0.0977. The predicted octanol–water partition coefficient (Wildman–Crippen LogP) is 17.1. The van der Waals surface area contributed by atoms with Gasteiger partial charge in [-0.1, -0.05) is 200 Å². The van der Waals surface area contributed by atoms with Crippen LogP contribution in [-0.4, -0.2) is 0 Å². The lowest BCUT2D eigenvalue weighted by atomic mass is 9.11.